The highest BCUT2D eigenvalue weighted by atomic mass is 14.9. The number of H-pyrrole nitrogens is 1. The normalized spacial score (nSPS) is 24.5. The van der Waals surface area contributed by atoms with Crippen molar-refractivity contribution in [2.24, 2.45) is 5.92 Å². The zero-order valence-corrected chi connectivity index (χ0v) is 10.4. The van der Waals surface area contributed by atoms with Gasteiger partial charge in [-0.2, -0.15) is 0 Å². The molecule has 2 atom stereocenters. The van der Waals surface area contributed by atoms with Crippen LogP contribution in [-0.4, -0.2) is 11.0 Å². The zero-order chi connectivity index (χ0) is 11.7. The lowest BCUT2D eigenvalue weighted by Gasteiger charge is -2.16. The summed E-state index contributed by atoms with van der Waals surface area (Å²) in [7, 11) is 0. The third kappa shape index (κ3) is 2.09. The molecule has 1 aliphatic rings. The van der Waals surface area contributed by atoms with Crippen molar-refractivity contribution in [2.45, 2.75) is 38.8 Å². The van der Waals surface area contributed by atoms with E-state index in [0.717, 1.165) is 12.5 Å². The first-order chi connectivity index (χ1) is 8.34. The summed E-state index contributed by atoms with van der Waals surface area (Å²) in [5, 5.41) is 5.06. The average Bonchev–Trinajstić information content (AvgIpc) is 2.93. The largest absolute Gasteiger partial charge is 0.361 e. The summed E-state index contributed by atoms with van der Waals surface area (Å²) in [6, 6.07) is 9.23. The van der Waals surface area contributed by atoms with Crippen LogP contribution in [0.2, 0.25) is 0 Å². The summed E-state index contributed by atoms with van der Waals surface area (Å²) in [5.41, 5.74) is 2.63. The highest BCUT2D eigenvalue weighted by Crippen LogP contribution is 2.25. The minimum atomic E-state index is 0.712. The van der Waals surface area contributed by atoms with Gasteiger partial charge >= 0.3 is 0 Å². The number of aromatic nitrogens is 1. The Morgan fingerprint density at radius 3 is 3.00 bits per heavy atom. The van der Waals surface area contributed by atoms with E-state index in [4.69, 9.17) is 0 Å². The average molecular weight is 228 g/mol. The van der Waals surface area contributed by atoms with Crippen molar-refractivity contribution in [1.29, 1.82) is 0 Å². The third-order valence-corrected chi connectivity index (χ3v) is 4.09. The molecule has 1 heterocycles. The maximum absolute atomic E-state index is 3.71. The molecule has 1 fully saturated rings. The second kappa shape index (κ2) is 4.53. The first-order valence-corrected chi connectivity index (χ1v) is 6.63. The van der Waals surface area contributed by atoms with Crippen molar-refractivity contribution in [2.75, 3.05) is 0 Å². The molecule has 1 saturated carbocycles. The summed E-state index contributed by atoms with van der Waals surface area (Å²) in [4.78, 5) is 3.33. The molecule has 1 aromatic carbocycles. The molecule has 2 unspecified atom stereocenters. The molecule has 0 aliphatic heterocycles. The van der Waals surface area contributed by atoms with Crippen molar-refractivity contribution in [3.8, 4) is 0 Å². The molecular weight excluding hydrogens is 208 g/mol. The Bertz CT molecular complexity index is 500. The van der Waals surface area contributed by atoms with E-state index < -0.39 is 0 Å². The minimum absolute atomic E-state index is 0.712. The summed E-state index contributed by atoms with van der Waals surface area (Å²) < 4.78 is 0. The van der Waals surface area contributed by atoms with E-state index in [1.54, 1.807) is 0 Å². The van der Waals surface area contributed by atoms with E-state index in [2.05, 4.69) is 47.7 Å². The fourth-order valence-electron chi connectivity index (χ4n) is 2.97. The molecule has 3 rings (SSSR count). The predicted molar refractivity (Wildman–Crippen MR) is 71.9 cm³/mol. The maximum atomic E-state index is 3.71. The lowest BCUT2D eigenvalue weighted by atomic mass is 10.1. The highest BCUT2D eigenvalue weighted by Gasteiger charge is 2.22. The van der Waals surface area contributed by atoms with Crippen LogP contribution in [0.25, 0.3) is 10.9 Å². The number of fused-ring (bicyclic) bond motifs is 1. The molecule has 90 valence electrons. The lowest BCUT2D eigenvalue weighted by molar-refractivity contribution is 0.426. The number of hydrogen-bond donors (Lipinski definition) is 2. The Kier molecular flexibility index (Phi) is 2.89. The molecule has 0 amide bonds. The van der Waals surface area contributed by atoms with Gasteiger partial charge in [-0.3, -0.25) is 0 Å². The van der Waals surface area contributed by atoms with Crippen molar-refractivity contribution >= 4 is 10.9 Å². The van der Waals surface area contributed by atoms with Gasteiger partial charge in [0.2, 0.25) is 0 Å². The smallest absolute Gasteiger partial charge is 0.0457 e. The molecule has 0 saturated heterocycles. The van der Waals surface area contributed by atoms with E-state index in [1.165, 1.54) is 35.7 Å². The molecule has 2 heteroatoms. The quantitative estimate of drug-likeness (QED) is 0.827. The van der Waals surface area contributed by atoms with Gasteiger partial charge < -0.3 is 10.3 Å². The van der Waals surface area contributed by atoms with E-state index >= 15 is 0 Å². The number of hydrogen-bond acceptors (Lipinski definition) is 1. The van der Waals surface area contributed by atoms with E-state index in [-0.39, 0.29) is 0 Å². The monoisotopic (exact) mass is 228 g/mol. The number of benzene rings is 1. The highest BCUT2D eigenvalue weighted by molar-refractivity contribution is 5.82. The summed E-state index contributed by atoms with van der Waals surface area (Å²) in [6.07, 6.45) is 6.24. The molecule has 0 radical (unpaired) electrons. The maximum Gasteiger partial charge on any atom is 0.0457 e. The van der Waals surface area contributed by atoms with Crippen LogP contribution >= 0.6 is 0 Å². The SMILES string of the molecule is CC1CCCC1NCc1c[nH]c2ccccc12. The fraction of sp³-hybridized carbons (Fsp3) is 0.467. The summed E-state index contributed by atoms with van der Waals surface area (Å²) in [5.74, 6) is 0.834. The van der Waals surface area contributed by atoms with Gasteiger partial charge in [0, 0.05) is 29.7 Å². The van der Waals surface area contributed by atoms with Crippen molar-refractivity contribution in [3.63, 3.8) is 0 Å². The van der Waals surface area contributed by atoms with E-state index in [9.17, 15) is 0 Å². The van der Waals surface area contributed by atoms with Gasteiger partial charge in [0.15, 0.2) is 0 Å². The van der Waals surface area contributed by atoms with Crippen LogP contribution in [-0.2, 0) is 6.54 Å². The predicted octanol–water partition coefficient (Wildman–Crippen LogP) is 3.45. The second-order valence-electron chi connectivity index (χ2n) is 5.26. The number of para-hydroxylation sites is 1. The number of nitrogens with one attached hydrogen (secondary N) is 2. The molecule has 2 aromatic rings. The van der Waals surface area contributed by atoms with Crippen LogP contribution in [0.1, 0.15) is 31.7 Å². The molecule has 2 N–H and O–H groups in total. The molecule has 0 spiro atoms. The molecule has 2 nitrogen and oxygen atoms in total. The van der Waals surface area contributed by atoms with Crippen molar-refractivity contribution < 1.29 is 0 Å². The molecule has 1 aromatic heterocycles. The summed E-state index contributed by atoms with van der Waals surface area (Å²) >= 11 is 0. The topological polar surface area (TPSA) is 27.8 Å². The zero-order valence-electron chi connectivity index (χ0n) is 10.4. The standard InChI is InChI=1S/C15H20N2/c1-11-5-4-8-14(11)16-9-12-10-17-15-7-3-2-6-13(12)15/h2-3,6-7,10-11,14,16-17H,4-5,8-9H2,1H3. The van der Waals surface area contributed by atoms with Gasteiger partial charge in [-0.25, -0.2) is 0 Å². The minimum Gasteiger partial charge on any atom is -0.361 e. The Hall–Kier alpha value is -1.28. The molecule has 1 aliphatic carbocycles. The first kappa shape index (κ1) is 10.8. The van der Waals surface area contributed by atoms with Crippen LogP contribution in [0.3, 0.4) is 0 Å². The van der Waals surface area contributed by atoms with Gasteiger partial charge in [-0.15, -0.1) is 0 Å². The van der Waals surface area contributed by atoms with Crippen LogP contribution in [0.15, 0.2) is 30.5 Å². The number of rotatable bonds is 3. The van der Waals surface area contributed by atoms with E-state index in [1.807, 2.05) is 0 Å². The van der Waals surface area contributed by atoms with Crippen LogP contribution in [0.4, 0.5) is 0 Å². The van der Waals surface area contributed by atoms with Gasteiger partial charge in [-0.05, 0) is 30.4 Å². The molecule has 17 heavy (non-hydrogen) atoms. The Morgan fingerprint density at radius 1 is 1.29 bits per heavy atom. The summed E-state index contributed by atoms with van der Waals surface area (Å²) in [6.45, 7) is 3.35. The lowest BCUT2D eigenvalue weighted by Crippen LogP contribution is -2.30. The van der Waals surface area contributed by atoms with Crippen LogP contribution < -0.4 is 5.32 Å². The molecular formula is C15H20N2. The Balaban J connectivity index is 1.72. The molecule has 0 bridgehead atoms. The fourth-order valence-corrected chi connectivity index (χ4v) is 2.97. The van der Waals surface area contributed by atoms with Gasteiger partial charge in [-0.1, -0.05) is 31.5 Å². The van der Waals surface area contributed by atoms with Crippen LogP contribution in [0.5, 0.6) is 0 Å². The first-order valence-electron chi connectivity index (χ1n) is 6.63. The number of aromatic amines is 1. The second-order valence-corrected chi connectivity index (χ2v) is 5.26. The van der Waals surface area contributed by atoms with E-state index in [0.29, 0.717) is 6.04 Å². The third-order valence-electron chi connectivity index (χ3n) is 4.09. The van der Waals surface area contributed by atoms with Gasteiger partial charge in [0.1, 0.15) is 0 Å². The van der Waals surface area contributed by atoms with Crippen molar-refractivity contribution in [1.82, 2.24) is 10.3 Å². The van der Waals surface area contributed by atoms with Gasteiger partial charge in [0.05, 0.1) is 0 Å². The van der Waals surface area contributed by atoms with Crippen molar-refractivity contribution in [3.05, 3.63) is 36.0 Å². The Labute approximate surface area is 102 Å². The Morgan fingerprint density at radius 2 is 2.18 bits per heavy atom. The van der Waals surface area contributed by atoms with Gasteiger partial charge in [0.25, 0.3) is 0 Å². The van der Waals surface area contributed by atoms with Crippen LogP contribution in [0, 0.1) is 5.92 Å².